The molecule has 4 aliphatic rings. The molecule has 8 aromatic rings. The molecule has 0 spiro atoms. The highest BCUT2D eigenvalue weighted by molar-refractivity contribution is 6.32. The third-order valence-corrected chi connectivity index (χ3v) is 13.8. The Morgan fingerprint density at radius 2 is 0.656 bits per heavy atom. The summed E-state index contributed by atoms with van der Waals surface area (Å²) in [6, 6.07) is 52.2. The van der Waals surface area contributed by atoms with Crippen LogP contribution in [0, 0.1) is 0 Å². The lowest BCUT2D eigenvalue weighted by molar-refractivity contribution is 0.0366. The second-order valence-electron chi connectivity index (χ2n) is 17.9. The SMILES string of the molecule is CC1(C)c2ccccc2N(c2ccc(-c3cc4c5c(c(-c6ccc(N7c8ccccc8C(C)(C)c8ccccc87)cc6)cc6c5c3C(=O)OC6=O)C(=O)OC4=O)cc2)c2ccccc21. The molecule has 0 bridgehead atoms. The molecule has 8 heteroatoms. The van der Waals surface area contributed by atoms with E-state index < -0.39 is 23.9 Å². The molecule has 0 atom stereocenters. The molecule has 308 valence electrons. The van der Waals surface area contributed by atoms with E-state index >= 15 is 0 Å². The van der Waals surface area contributed by atoms with E-state index in [1.807, 2.05) is 72.8 Å². The molecule has 12 rings (SSSR count). The van der Waals surface area contributed by atoms with Crippen LogP contribution in [-0.2, 0) is 20.3 Å². The standard InChI is InChI=1S/C56H38N2O6/c1-55(2)39-13-5-9-17-43(39)57(44-18-10-6-14-40(44)55)33-25-21-31(22-26-33)35-29-37-48-47-38(52(60)63-53(61)49(35)47)30-36(50(48)54(62)64-51(37)59)32-23-27-34(28-24-32)58-45-19-11-7-15-41(45)56(3,4)42-16-8-12-20-46(42)58/h5-30H,1-4H3. The fourth-order valence-corrected chi connectivity index (χ4v) is 10.7. The lowest BCUT2D eigenvalue weighted by Crippen LogP contribution is -2.30. The average Bonchev–Trinajstić information content (AvgIpc) is 3.30. The summed E-state index contributed by atoms with van der Waals surface area (Å²) in [5.41, 5.74) is 12.7. The molecule has 4 heterocycles. The van der Waals surface area contributed by atoms with Crippen LogP contribution in [0.25, 0.3) is 33.0 Å². The molecule has 0 saturated carbocycles. The minimum absolute atomic E-state index is 0.0832. The number of ether oxygens (including phenoxy) is 2. The van der Waals surface area contributed by atoms with Gasteiger partial charge in [-0.15, -0.1) is 0 Å². The van der Waals surface area contributed by atoms with Gasteiger partial charge in [-0.25, -0.2) is 19.2 Å². The van der Waals surface area contributed by atoms with Crippen LogP contribution in [0.5, 0.6) is 0 Å². The minimum Gasteiger partial charge on any atom is -0.386 e. The fourth-order valence-electron chi connectivity index (χ4n) is 10.7. The van der Waals surface area contributed by atoms with Crippen LogP contribution >= 0.6 is 0 Å². The van der Waals surface area contributed by atoms with E-state index in [2.05, 4.69) is 110 Å². The summed E-state index contributed by atoms with van der Waals surface area (Å²) in [6.07, 6.45) is 0. The van der Waals surface area contributed by atoms with Crippen LogP contribution < -0.4 is 9.80 Å². The smallest absolute Gasteiger partial charge is 0.347 e. The number of cyclic esters (lactones) is 4. The van der Waals surface area contributed by atoms with Crippen molar-refractivity contribution in [3.8, 4) is 22.3 Å². The Bertz CT molecular complexity index is 3090. The van der Waals surface area contributed by atoms with Crippen molar-refractivity contribution in [2.45, 2.75) is 38.5 Å². The molecule has 0 unspecified atom stereocenters. The summed E-state index contributed by atoms with van der Waals surface area (Å²) in [5, 5.41) is 0.395. The first-order valence-electron chi connectivity index (χ1n) is 21.3. The number of hydrogen-bond acceptors (Lipinski definition) is 8. The Balaban J connectivity index is 0.995. The van der Waals surface area contributed by atoms with Gasteiger partial charge in [-0.2, -0.15) is 0 Å². The lowest BCUT2D eigenvalue weighted by Gasteiger charge is -2.42. The number of hydrogen-bond donors (Lipinski definition) is 0. The van der Waals surface area contributed by atoms with E-state index in [1.54, 1.807) is 12.1 Å². The van der Waals surface area contributed by atoms with Crippen molar-refractivity contribution < 1.29 is 28.7 Å². The third kappa shape index (κ3) is 5.10. The Labute approximate surface area is 368 Å². The minimum atomic E-state index is -0.860. The number of benzene rings is 8. The summed E-state index contributed by atoms with van der Waals surface area (Å²) in [7, 11) is 0. The van der Waals surface area contributed by atoms with Gasteiger partial charge in [0.05, 0.1) is 45.0 Å². The molecule has 0 amide bonds. The van der Waals surface area contributed by atoms with E-state index in [0.29, 0.717) is 22.3 Å². The highest BCUT2D eigenvalue weighted by Gasteiger charge is 2.41. The quantitative estimate of drug-likeness (QED) is 0.128. The van der Waals surface area contributed by atoms with Crippen LogP contribution in [0.2, 0.25) is 0 Å². The predicted octanol–water partition coefficient (Wildman–Crippen LogP) is 13.0. The maximum atomic E-state index is 13.9. The second kappa shape index (κ2) is 13.2. The zero-order chi connectivity index (χ0) is 43.8. The molecule has 0 saturated heterocycles. The molecule has 0 N–H and O–H groups in total. The number of nitrogens with zero attached hydrogens (tertiary/aromatic N) is 2. The number of esters is 4. The number of carbonyl (C=O) groups excluding carboxylic acids is 4. The fraction of sp³-hybridized carbons (Fsp3) is 0.107. The summed E-state index contributed by atoms with van der Waals surface area (Å²) in [4.78, 5) is 59.8. The zero-order valence-electron chi connectivity index (χ0n) is 35.4. The third-order valence-electron chi connectivity index (χ3n) is 13.8. The predicted molar refractivity (Wildman–Crippen MR) is 248 cm³/mol. The maximum absolute atomic E-state index is 13.9. The van der Waals surface area contributed by atoms with E-state index in [0.717, 1.165) is 34.1 Å². The molecule has 64 heavy (non-hydrogen) atoms. The van der Waals surface area contributed by atoms with Gasteiger partial charge in [0.15, 0.2) is 0 Å². The lowest BCUT2D eigenvalue weighted by atomic mass is 9.73. The van der Waals surface area contributed by atoms with Crippen molar-refractivity contribution >= 4 is 68.8 Å². The number of fused-ring (bicyclic) bond motifs is 4. The van der Waals surface area contributed by atoms with Crippen LogP contribution in [0.4, 0.5) is 34.1 Å². The average molecular weight is 835 g/mol. The largest absolute Gasteiger partial charge is 0.386 e. The topological polar surface area (TPSA) is 93.2 Å². The molecule has 0 fully saturated rings. The molecular weight excluding hydrogens is 797 g/mol. The first kappa shape index (κ1) is 37.6. The van der Waals surface area contributed by atoms with Crippen molar-refractivity contribution in [1.29, 1.82) is 0 Å². The summed E-state index contributed by atoms with van der Waals surface area (Å²) in [6.45, 7) is 8.94. The van der Waals surface area contributed by atoms with E-state index in [4.69, 9.17) is 9.47 Å². The first-order chi connectivity index (χ1) is 30.9. The first-order valence-corrected chi connectivity index (χ1v) is 21.3. The van der Waals surface area contributed by atoms with Gasteiger partial charge in [0, 0.05) is 33.0 Å². The van der Waals surface area contributed by atoms with Gasteiger partial charge in [-0.05, 0) is 105 Å². The molecule has 8 aromatic carbocycles. The van der Waals surface area contributed by atoms with Gasteiger partial charge in [0.25, 0.3) is 0 Å². The highest BCUT2D eigenvalue weighted by Crippen LogP contribution is 2.54. The van der Waals surface area contributed by atoms with Gasteiger partial charge in [0.2, 0.25) is 0 Å². The Kier molecular flexibility index (Phi) is 7.77. The molecular formula is C56H38N2O6. The number of para-hydroxylation sites is 4. The van der Waals surface area contributed by atoms with Gasteiger partial charge < -0.3 is 19.3 Å². The summed E-state index contributed by atoms with van der Waals surface area (Å²) < 4.78 is 10.9. The Morgan fingerprint density at radius 3 is 0.969 bits per heavy atom. The second-order valence-corrected chi connectivity index (χ2v) is 17.9. The van der Waals surface area contributed by atoms with Crippen LogP contribution in [0.3, 0.4) is 0 Å². The Hall–Kier alpha value is -8.10. The van der Waals surface area contributed by atoms with Crippen molar-refractivity contribution in [1.82, 2.24) is 0 Å². The zero-order valence-corrected chi connectivity index (χ0v) is 35.4. The van der Waals surface area contributed by atoms with Crippen LogP contribution in [-0.4, -0.2) is 23.9 Å². The molecule has 8 nitrogen and oxygen atoms in total. The van der Waals surface area contributed by atoms with Gasteiger partial charge in [0.1, 0.15) is 0 Å². The normalized spacial score (nSPS) is 16.1. The van der Waals surface area contributed by atoms with E-state index in [1.165, 1.54) is 22.3 Å². The molecule has 0 radical (unpaired) electrons. The van der Waals surface area contributed by atoms with E-state index in [9.17, 15) is 19.2 Å². The van der Waals surface area contributed by atoms with Gasteiger partial charge in [-0.3, -0.25) is 0 Å². The van der Waals surface area contributed by atoms with Gasteiger partial charge >= 0.3 is 23.9 Å². The van der Waals surface area contributed by atoms with Crippen LogP contribution in [0.15, 0.2) is 158 Å². The number of anilines is 6. The van der Waals surface area contributed by atoms with Crippen LogP contribution in [0.1, 0.15) is 91.4 Å². The van der Waals surface area contributed by atoms with Crippen molar-refractivity contribution in [3.05, 3.63) is 202 Å². The summed E-state index contributed by atoms with van der Waals surface area (Å²) in [5.74, 6) is -3.43. The highest BCUT2D eigenvalue weighted by atomic mass is 16.6. The maximum Gasteiger partial charge on any atom is 0.347 e. The van der Waals surface area contributed by atoms with Gasteiger partial charge in [-0.1, -0.05) is 125 Å². The molecule has 0 aromatic heterocycles. The van der Waals surface area contributed by atoms with Crippen molar-refractivity contribution in [2.24, 2.45) is 0 Å². The molecule has 0 aliphatic carbocycles. The molecule has 4 aliphatic heterocycles. The summed E-state index contributed by atoms with van der Waals surface area (Å²) >= 11 is 0. The number of rotatable bonds is 4. The van der Waals surface area contributed by atoms with E-state index in [-0.39, 0.29) is 43.9 Å². The van der Waals surface area contributed by atoms with Crippen molar-refractivity contribution in [2.75, 3.05) is 9.80 Å². The van der Waals surface area contributed by atoms with Crippen molar-refractivity contribution in [3.63, 3.8) is 0 Å². The number of carbonyl (C=O) groups is 4. The Morgan fingerprint density at radius 1 is 0.359 bits per heavy atom. The monoisotopic (exact) mass is 834 g/mol.